The molecule has 2 rings (SSSR count). The van der Waals surface area contributed by atoms with Crippen molar-refractivity contribution in [2.24, 2.45) is 11.7 Å². The number of rotatable bonds is 6. The highest BCUT2D eigenvalue weighted by molar-refractivity contribution is 5.78. The Morgan fingerprint density at radius 2 is 2.14 bits per heavy atom. The van der Waals surface area contributed by atoms with Gasteiger partial charge in [-0.1, -0.05) is 38.1 Å². The van der Waals surface area contributed by atoms with Gasteiger partial charge in [0.05, 0.1) is 0 Å². The summed E-state index contributed by atoms with van der Waals surface area (Å²) in [6.07, 6.45) is 4.91. The molecule has 3 heteroatoms. The molecular formula is C19H30N2O. The molecule has 0 aromatic heterocycles. The second-order valence-electron chi connectivity index (χ2n) is 7.40. The maximum absolute atomic E-state index is 12.5. The molecule has 0 bridgehead atoms. The van der Waals surface area contributed by atoms with Crippen molar-refractivity contribution in [1.82, 2.24) is 5.32 Å². The van der Waals surface area contributed by atoms with Crippen molar-refractivity contribution in [2.45, 2.75) is 64.3 Å². The summed E-state index contributed by atoms with van der Waals surface area (Å²) in [5, 5.41) is 3.19. The van der Waals surface area contributed by atoms with E-state index in [4.69, 9.17) is 5.73 Å². The quantitative estimate of drug-likeness (QED) is 0.846. The molecule has 0 radical (unpaired) electrons. The van der Waals surface area contributed by atoms with Gasteiger partial charge in [-0.3, -0.25) is 4.79 Å². The lowest BCUT2D eigenvalue weighted by molar-refractivity contribution is -0.123. The fourth-order valence-corrected chi connectivity index (χ4v) is 3.76. The van der Waals surface area contributed by atoms with E-state index in [1.54, 1.807) is 0 Å². The van der Waals surface area contributed by atoms with E-state index in [2.05, 4.69) is 50.4 Å². The molecule has 0 saturated heterocycles. The number of hydrogen-bond acceptors (Lipinski definition) is 2. The predicted molar refractivity (Wildman–Crippen MR) is 91.8 cm³/mol. The highest BCUT2D eigenvalue weighted by Gasteiger charge is 2.28. The smallest absolute Gasteiger partial charge is 0.221 e. The van der Waals surface area contributed by atoms with E-state index < -0.39 is 0 Å². The third kappa shape index (κ3) is 4.33. The number of hydrogen-bond donors (Lipinski definition) is 2. The average molecular weight is 302 g/mol. The molecule has 1 aliphatic carbocycles. The Balaban J connectivity index is 2.01. The van der Waals surface area contributed by atoms with Gasteiger partial charge in [-0.25, -0.2) is 0 Å². The van der Waals surface area contributed by atoms with Gasteiger partial charge in [0, 0.05) is 18.5 Å². The van der Waals surface area contributed by atoms with Crippen LogP contribution < -0.4 is 11.1 Å². The van der Waals surface area contributed by atoms with Crippen LogP contribution >= 0.6 is 0 Å². The summed E-state index contributed by atoms with van der Waals surface area (Å²) < 4.78 is 0. The molecular weight excluding hydrogens is 272 g/mol. The van der Waals surface area contributed by atoms with Crippen molar-refractivity contribution in [3.63, 3.8) is 0 Å². The maximum atomic E-state index is 12.5. The number of amides is 1. The Morgan fingerprint density at radius 1 is 1.41 bits per heavy atom. The summed E-state index contributed by atoms with van der Waals surface area (Å²) in [6, 6.07) is 8.55. The minimum absolute atomic E-state index is 0.135. The number of fused-ring (bicyclic) bond motifs is 1. The zero-order chi connectivity index (χ0) is 16.2. The van der Waals surface area contributed by atoms with Gasteiger partial charge in [0.1, 0.15) is 0 Å². The van der Waals surface area contributed by atoms with Gasteiger partial charge in [0.25, 0.3) is 0 Å². The summed E-state index contributed by atoms with van der Waals surface area (Å²) >= 11 is 0. The van der Waals surface area contributed by atoms with Gasteiger partial charge >= 0.3 is 0 Å². The molecule has 0 spiro atoms. The largest absolute Gasteiger partial charge is 0.350 e. The first kappa shape index (κ1) is 17.0. The average Bonchev–Trinajstić information content (AvgIpc) is 2.46. The molecule has 3 N–H and O–H groups in total. The van der Waals surface area contributed by atoms with E-state index in [0.29, 0.717) is 24.8 Å². The van der Waals surface area contributed by atoms with E-state index in [9.17, 15) is 4.79 Å². The summed E-state index contributed by atoms with van der Waals surface area (Å²) in [5.41, 5.74) is 8.38. The maximum Gasteiger partial charge on any atom is 0.221 e. The SMILES string of the molecule is CC(C)CC(C)(CN)NC(=O)CC1CCCc2ccccc21. The summed E-state index contributed by atoms with van der Waals surface area (Å²) in [4.78, 5) is 12.5. The molecule has 22 heavy (non-hydrogen) atoms. The summed E-state index contributed by atoms with van der Waals surface area (Å²) in [6.45, 7) is 6.87. The molecule has 0 saturated carbocycles. The minimum Gasteiger partial charge on any atom is -0.350 e. The highest BCUT2D eigenvalue weighted by atomic mass is 16.1. The molecule has 0 heterocycles. The zero-order valence-electron chi connectivity index (χ0n) is 14.2. The van der Waals surface area contributed by atoms with E-state index >= 15 is 0 Å². The topological polar surface area (TPSA) is 55.1 Å². The second kappa shape index (κ2) is 7.28. The molecule has 3 nitrogen and oxygen atoms in total. The minimum atomic E-state index is -0.292. The van der Waals surface area contributed by atoms with E-state index in [1.807, 2.05) is 0 Å². The van der Waals surface area contributed by atoms with Crippen LogP contribution in [0.15, 0.2) is 24.3 Å². The first-order valence-corrected chi connectivity index (χ1v) is 8.52. The fourth-order valence-electron chi connectivity index (χ4n) is 3.76. The highest BCUT2D eigenvalue weighted by Crippen LogP contribution is 2.33. The Bertz CT molecular complexity index is 512. The number of nitrogens with one attached hydrogen (secondary N) is 1. The molecule has 1 aliphatic rings. The lowest BCUT2D eigenvalue weighted by atomic mass is 9.80. The van der Waals surface area contributed by atoms with Crippen molar-refractivity contribution in [3.05, 3.63) is 35.4 Å². The monoisotopic (exact) mass is 302 g/mol. The molecule has 1 amide bonds. The van der Waals surface area contributed by atoms with E-state index in [0.717, 1.165) is 19.3 Å². The second-order valence-corrected chi connectivity index (χ2v) is 7.40. The van der Waals surface area contributed by atoms with Gasteiger partial charge < -0.3 is 11.1 Å². The number of carbonyl (C=O) groups is 1. The van der Waals surface area contributed by atoms with E-state index in [1.165, 1.54) is 17.5 Å². The zero-order valence-corrected chi connectivity index (χ0v) is 14.2. The third-order valence-corrected chi connectivity index (χ3v) is 4.68. The lowest BCUT2D eigenvalue weighted by Crippen LogP contribution is -2.52. The normalized spacial score (nSPS) is 20.3. The van der Waals surface area contributed by atoms with Crippen LogP contribution in [-0.2, 0) is 11.2 Å². The molecule has 2 unspecified atom stereocenters. The van der Waals surface area contributed by atoms with Crippen molar-refractivity contribution >= 4 is 5.91 Å². The van der Waals surface area contributed by atoms with Gasteiger partial charge in [-0.15, -0.1) is 0 Å². The van der Waals surface area contributed by atoms with Crippen molar-refractivity contribution in [2.75, 3.05) is 6.54 Å². The van der Waals surface area contributed by atoms with Crippen LogP contribution in [0.4, 0.5) is 0 Å². The van der Waals surface area contributed by atoms with E-state index in [-0.39, 0.29) is 11.4 Å². The van der Waals surface area contributed by atoms with Crippen molar-refractivity contribution < 1.29 is 4.79 Å². The van der Waals surface area contributed by atoms with Crippen LogP contribution in [0.5, 0.6) is 0 Å². The predicted octanol–water partition coefficient (Wildman–Crippen LogP) is 3.38. The Hall–Kier alpha value is -1.35. The van der Waals surface area contributed by atoms with Gasteiger partial charge in [-0.2, -0.15) is 0 Å². The van der Waals surface area contributed by atoms with Crippen LogP contribution in [0.25, 0.3) is 0 Å². The first-order chi connectivity index (χ1) is 10.4. The number of benzene rings is 1. The standard InChI is InChI=1S/C19H30N2O/c1-14(2)12-19(3,13-20)21-18(22)11-16-9-6-8-15-7-4-5-10-17(15)16/h4-5,7,10,14,16H,6,8-9,11-13,20H2,1-3H3,(H,21,22). The Labute approximate surface area is 134 Å². The molecule has 0 fully saturated rings. The van der Waals surface area contributed by atoms with Crippen LogP contribution in [0.1, 0.15) is 63.5 Å². The van der Waals surface area contributed by atoms with Crippen LogP contribution in [0, 0.1) is 5.92 Å². The van der Waals surface area contributed by atoms with Crippen molar-refractivity contribution in [1.29, 1.82) is 0 Å². The molecule has 2 atom stereocenters. The summed E-state index contributed by atoms with van der Waals surface area (Å²) in [7, 11) is 0. The van der Waals surface area contributed by atoms with Crippen molar-refractivity contribution in [3.8, 4) is 0 Å². The van der Waals surface area contributed by atoms with Crippen LogP contribution in [-0.4, -0.2) is 18.0 Å². The Kier molecular flexibility index (Phi) is 5.63. The lowest BCUT2D eigenvalue weighted by Gasteiger charge is -2.32. The molecule has 1 aromatic rings. The fraction of sp³-hybridized carbons (Fsp3) is 0.632. The van der Waals surface area contributed by atoms with Crippen LogP contribution in [0.2, 0.25) is 0 Å². The van der Waals surface area contributed by atoms with Gasteiger partial charge in [0.15, 0.2) is 0 Å². The number of nitrogens with two attached hydrogens (primary N) is 1. The third-order valence-electron chi connectivity index (χ3n) is 4.68. The molecule has 1 aromatic carbocycles. The first-order valence-electron chi connectivity index (χ1n) is 8.52. The van der Waals surface area contributed by atoms with Gasteiger partial charge in [0.2, 0.25) is 5.91 Å². The number of carbonyl (C=O) groups excluding carboxylic acids is 1. The molecule has 122 valence electrons. The summed E-state index contributed by atoms with van der Waals surface area (Å²) in [5.74, 6) is 1.01. The van der Waals surface area contributed by atoms with Gasteiger partial charge in [-0.05, 0) is 55.6 Å². The van der Waals surface area contributed by atoms with Crippen LogP contribution in [0.3, 0.4) is 0 Å². The number of aryl methyl sites for hydroxylation is 1. The molecule has 0 aliphatic heterocycles. The Morgan fingerprint density at radius 3 is 2.82 bits per heavy atom.